The van der Waals surface area contributed by atoms with E-state index in [4.69, 9.17) is 0 Å². The van der Waals surface area contributed by atoms with Crippen LogP contribution in [-0.4, -0.2) is 17.2 Å². The van der Waals surface area contributed by atoms with Crippen LogP contribution in [0.3, 0.4) is 0 Å². The lowest BCUT2D eigenvalue weighted by molar-refractivity contribution is 0.0952. The second-order valence-corrected chi connectivity index (χ2v) is 5.52. The smallest absolute Gasteiger partial charge is 0.275 e. The number of phenolic OH excluding ortho intramolecular Hbond substituents is 1. The first-order valence-corrected chi connectivity index (χ1v) is 7.03. The zero-order chi connectivity index (χ0) is 14.5. The third-order valence-electron chi connectivity index (χ3n) is 2.66. The molecule has 0 unspecified atom stereocenters. The Labute approximate surface area is 130 Å². The van der Waals surface area contributed by atoms with Gasteiger partial charge in [-0.3, -0.25) is 4.79 Å². The number of benzene rings is 2. The third kappa shape index (κ3) is 3.80. The fourth-order valence-corrected chi connectivity index (χ4v) is 2.06. The molecule has 0 aromatic heterocycles. The number of phenols is 1. The molecule has 0 aliphatic rings. The number of nitrogens with one attached hydrogen (secondary N) is 1. The van der Waals surface area contributed by atoms with E-state index in [2.05, 4.69) is 33.1 Å². The highest BCUT2D eigenvalue weighted by atomic mass is 127. The minimum absolute atomic E-state index is 0.0616. The minimum atomic E-state index is -0.440. The van der Waals surface area contributed by atoms with Gasteiger partial charge in [0, 0.05) is 3.57 Å². The summed E-state index contributed by atoms with van der Waals surface area (Å²) in [6.07, 6.45) is 1.56. The summed E-state index contributed by atoms with van der Waals surface area (Å²) in [6.45, 7) is 2.00. The van der Waals surface area contributed by atoms with E-state index >= 15 is 0 Å². The van der Waals surface area contributed by atoms with Crippen LogP contribution in [0, 0.1) is 10.5 Å². The highest BCUT2D eigenvalue weighted by molar-refractivity contribution is 14.1. The predicted molar refractivity (Wildman–Crippen MR) is 87.1 cm³/mol. The van der Waals surface area contributed by atoms with Crippen LogP contribution in [0.1, 0.15) is 21.5 Å². The molecule has 0 bridgehead atoms. The Bertz CT molecular complexity index is 651. The summed E-state index contributed by atoms with van der Waals surface area (Å²) in [4.78, 5) is 11.9. The molecule has 1 amide bonds. The van der Waals surface area contributed by atoms with Gasteiger partial charge in [0.15, 0.2) is 0 Å². The Morgan fingerprint density at radius 1 is 1.25 bits per heavy atom. The van der Waals surface area contributed by atoms with Crippen molar-refractivity contribution < 1.29 is 9.90 Å². The average Bonchev–Trinajstić information content (AvgIpc) is 2.43. The second-order valence-electron chi connectivity index (χ2n) is 4.27. The molecule has 0 saturated heterocycles. The Balaban J connectivity index is 2.05. The van der Waals surface area contributed by atoms with Crippen molar-refractivity contribution in [2.24, 2.45) is 5.10 Å². The number of nitrogens with zero attached hydrogens (tertiary/aromatic N) is 1. The van der Waals surface area contributed by atoms with Crippen LogP contribution < -0.4 is 5.43 Å². The van der Waals surface area contributed by atoms with E-state index in [1.54, 1.807) is 18.3 Å². The number of hydrogen-bond donors (Lipinski definition) is 2. The number of rotatable bonds is 3. The molecule has 0 atom stereocenters. The molecule has 2 rings (SSSR count). The van der Waals surface area contributed by atoms with Gasteiger partial charge >= 0.3 is 0 Å². The summed E-state index contributed by atoms with van der Waals surface area (Å²) in [7, 11) is 0. The van der Waals surface area contributed by atoms with E-state index in [0.717, 1.165) is 14.7 Å². The van der Waals surface area contributed by atoms with Crippen LogP contribution in [0.25, 0.3) is 0 Å². The van der Waals surface area contributed by atoms with Gasteiger partial charge in [-0.15, -0.1) is 0 Å². The molecule has 0 heterocycles. The molecular weight excluding hydrogens is 367 g/mol. The molecule has 20 heavy (non-hydrogen) atoms. The molecular formula is C15H13IN2O2. The summed E-state index contributed by atoms with van der Waals surface area (Å²) in [5.41, 5.74) is 4.66. The van der Waals surface area contributed by atoms with Crippen LogP contribution in [0.4, 0.5) is 0 Å². The molecule has 0 saturated carbocycles. The van der Waals surface area contributed by atoms with E-state index in [1.165, 1.54) is 6.07 Å². The third-order valence-corrected chi connectivity index (χ3v) is 3.33. The van der Waals surface area contributed by atoms with Crippen LogP contribution in [0.15, 0.2) is 47.6 Å². The topological polar surface area (TPSA) is 61.7 Å². The van der Waals surface area contributed by atoms with Gasteiger partial charge in [-0.05, 0) is 53.3 Å². The fourth-order valence-electron chi connectivity index (χ4n) is 1.57. The highest BCUT2D eigenvalue weighted by Crippen LogP contribution is 2.19. The number of carbonyl (C=O) groups is 1. The highest BCUT2D eigenvalue weighted by Gasteiger charge is 2.10. The number of carbonyl (C=O) groups excluding carboxylic acids is 1. The average molecular weight is 380 g/mol. The molecule has 5 heteroatoms. The lowest BCUT2D eigenvalue weighted by atomic mass is 10.2. The number of amides is 1. The molecule has 2 aromatic carbocycles. The van der Waals surface area contributed by atoms with Gasteiger partial charge in [0.2, 0.25) is 0 Å². The van der Waals surface area contributed by atoms with Gasteiger partial charge in [0.05, 0.1) is 11.8 Å². The monoisotopic (exact) mass is 380 g/mol. The predicted octanol–water partition coefficient (Wildman–Crippen LogP) is 3.07. The molecule has 0 aliphatic carbocycles. The van der Waals surface area contributed by atoms with Crippen molar-refractivity contribution in [3.05, 3.63) is 62.7 Å². The number of hydrogen-bond acceptors (Lipinski definition) is 3. The largest absolute Gasteiger partial charge is 0.507 e. The number of halogens is 1. The zero-order valence-electron chi connectivity index (χ0n) is 10.8. The Morgan fingerprint density at radius 3 is 2.65 bits per heavy atom. The number of aryl methyl sites for hydroxylation is 1. The van der Waals surface area contributed by atoms with Crippen molar-refractivity contribution >= 4 is 34.7 Å². The Morgan fingerprint density at radius 2 is 1.95 bits per heavy atom. The Kier molecular flexibility index (Phi) is 4.73. The first-order chi connectivity index (χ1) is 9.56. The molecule has 2 N–H and O–H groups in total. The molecule has 0 spiro atoms. The fraction of sp³-hybridized carbons (Fsp3) is 0.0667. The molecule has 0 fully saturated rings. The standard InChI is InChI=1S/C15H13IN2O2/c1-10-2-4-11(5-3-10)9-17-18-15(20)13-8-12(16)6-7-14(13)19/h2-9,19H,1H3,(H,18,20). The summed E-state index contributed by atoms with van der Waals surface area (Å²) in [6, 6.07) is 12.6. The van der Waals surface area contributed by atoms with Crippen LogP contribution in [-0.2, 0) is 0 Å². The van der Waals surface area contributed by atoms with E-state index < -0.39 is 5.91 Å². The first-order valence-electron chi connectivity index (χ1n) is 5.95. The second kappa shape index (κ2) is 6.51. The lowest BCUT2D eigenvalue weighted by Crippen LogP contribution is -2.17. The molecule has 2 aromatic rings. The van der Waals surface area contributed by atoms with Gasteiger partial charge in [-0.2, -0.15) is 5.10 Å². The summed E-state index contributed by atoms with van der Waals surface area (Å²) < 4.78 is 0.869. The molecule has 102 valence electrons. The Hall–Kier alpha value is -1.89. The normalized spacial score (nSPS) is 10.7. The van der Waals surface area contributed by atoms with E-state index in [9.17, 15) is 9.90 Å². The lowest BCUT2D eigenvalue weighted by Gasteiger charge is -2.03. The van der Waals surface area contributed by atoms with E-state index in [1.807, 2.05) is 31.2 Å². The van der Waals surface area contributed by atoms with Crippen molar-refractivity contribution in [3.63, 3.8) is 0 Å². The van der Waals surface area contributed by atoms with E-state index in [0.29, 0.717) is 0 Å². The maximum absolute atomic E-state index is 11.9. The molecule has 4 nitrogen and oxygen atoms in total. The summed E-state index contributed by atoms with van der Waals surface area (Å²) in [5.74, 6) is -0.502. The van der Waals surface area contributed by atoms with Crippen LogP contribution >= 0.6 is 22.6 Å². The van der Waals surface area contributed by atoms with Crippen molar-refractivity contribution in [1.29, 1.82) is 0 Å². The maximum Gasteiger partial charge on any atom is 0.275 e. The van der Waals surface area contributed by atoms with Gasteiger partial charge < -0.3 is 5.11 Å². The zero-order valence-corrected chi connectivity index (χ0v) is 13.0. The van der Waals surface area contributed by atoms with Crippen molar-refractivity contribution in [2.45, 2.75) is 6.92 Å². The van der Waals surface area contributed by atoms with Crippen molar-refractivity contribution in [3.8, 4) is 5.75 Å². The van der Waals surface area contributed by atoms with E-state index in [-0.39, 0.29) is 11.3 Å². The number of aromatic hydroxyl groups is 1. The summed E-state index contributed by atoms with van der Waals surface area (Å²) in [5, 5.41) is 13.5. The minimum Gasteiger partial charge on any atom is -0.507 e. The van der Waals surface area contributed by atoms with Crippen LogP contribution in [0.2, 0.25) is 0 Å². The van der Waals surface area contributed by atoms with Gasteiger partial charge in [-0.1, -0.05) is 29.8 Å². The van der Waals surface area contributed by atoms with Crippen LogP contribution in [0.5, 0.6) is 5.75 Å². The number of hydrazone groups is 1. The van der Waals surface area contributed by atoms with Crippen molar-refractivity contribution in [1.82, 2.24) is 5.43 Å². The maximum atomic E-state index is 11.9. The SMILES string of the molecule is Cc1ccc(C=NNC(=O)c2cc(I)ccc2O)cc1. The molecule has 0 aliphatic heterocycles. The van der Waals surface area contributed by atoms with Gasteiger partial charge in [0.1, 0.15) is 5.75 Å². The first kappa shape index (κ1) is 14.5. The summed E-state index contributed by atoms with van der Waals surface area (Å²) >= 11 is 2.08. The van der Waals surface area contributed by atoms with Gasteiger partial charge in [-0.25, -0.2) is 5.43 Å². The molecule has 0 radical (unpaired) electrons. The quantitative estimate of drug-likeness (QED) is 0.489. The van der Waals surface area contributed by atoms with Crippen molar-refractivity contribution in [2.75, 3.05) is 0 Å². The van der Waals surface area contributed by atoms with Gasteiger partial charge in [0.25, 0.3) is 5.91 Å².